The Hall–Kier alpha value is -1.68. The number of hydrogen-bond acceptors (Lipinski definition) is 3. The molecule has 2 aliphatic heterocycles. The summed E-state index contributed by atoms with van der Waals surface area (Å²) in [5.74, 6) is 1.84. The van der Waals surface area contributed by atoms with Gasteiger partial charge in [0, 0.05) is 12.1 Å². The van der Waals surface area contributed by atoms with Crippen molar-refractivity contribution in [1.29, 1.82) is 0 Å². The van der Waals surface area contributed by atoms with E-state index in [1.54, 1.807) is 0 Å². The van der Waals surface area contributed by atoms with Gasteiger partial charge < -0.3 is 11.1 Å². The molecule has 0 aromatic heterocycles. The van der Waals surface area contributed by atoms with E-state index in [4.69, 9.17) is 5.73 Å². The molecular weight excluding hydrogens is 330 g/mol. The minimum Gasteiger partial charge on any atom is -0.330 e. The van der Waals surface area contributed by atoms with Gasteiger partial charge in [-0.15, -0.1) is 0 Å². The normalized spacial score (nSPS) is 30.4. The summed E-state index contributed by atoms with van der Waals surface area (Å²) >= 11 is 0. The molecule has 1 aliphatic carbocycles. The van der Waals surface area contributed by atoms with Crippen molar-refractivity contribution >= 4 is 0 Å². The summed E-state index contributed by atoms with van der Waals surface area (Å²) in [5.41, 5.74) is 9.03. The Labute approximate surface area is 164 Å². The lowest BCUT2D eigenvalue weighted by molar-refractivity contribution is 0.0556. The quantitative estimate of drug-likeness (QED) is 0.824. The Balaban J connectivity index is 1.73. The second kappa shape index (κ2) is 8.14. The maximum atomic E-state index is 5.83. The third kappa shape index (κ3) is 3.69. The van der Waals surface area contributed by atoms with Crippen LogP contribution < -0.4 is 11.1 Å². The number of fused-ring (bicyclic) bond motifs is 4. The van der Waals surface area contributed by atoms with Gasteiger partial charge in [-0.05, 0) is 74.8 Å². The minimum atomic E-state index is 0.198. The van der Waals surface area contributed by atoms with Crippen molar-refractivity contribution in [2.45, 2.75) is 36.6 Å². The topological polar surface area (TPSA) is 41.3 Å². The van der Waals surface area contributed by atoms with Gasteiger partial charge in [0.05, 0.1) is 0 Å². The average molecular weight is 364 g/mol. The summed E-state index contributed by atoms with van der Waals surface area (Å²) in [6.07, 6.45) is 3.53. The van der Waals surface area contributed by atoms with Crippen molar-refractivity contribution in [2.24, 2.45) is 11.7 Å². The third-order valence-corrected chi connectivity index (χ3v) is 7.03. The fraction of sp³-hybridized carbons (Fsp3) is 0.500. The molecule has 2 atom stereocenters. The van der Waals surface area contributed by atoms with E-state index in [2.05, 4.69) is 77.9 Å². The second-order valence-corrected chi connectivity index (χ2v) is 8.53. The van der Waals surface area contributed by atoms with Gasteiger partial charge in [0.25, 0.3) is 0 Å². The summed E-state index contributed by atoms with van der Waals surface area (Å²) in [4.78, 5) is 2.61. The smallest absolute Gasteiger partial charge is 0.0342 e. The average Bonchev–Trinajstić information content (AvgIpc) is 3.04. The molecule has 2 unspecified atom stereocenters. The molecule has 2 saturated heterocycles. The molecule has 2 bridgehead atoms. The van der Waals surface area contributed by atoms with Gasteiger partial charge in [-0.3, -0.25) is 4.90 Å². The number of likely N-dealkylation sites (N-methyl/N-ethyl adjacent to an activating group) is 1. The number of hydrogen-bond donors (Lipinski definition) is 2. The maximum absolute atomic E-state index is 5.83. The lowest BCUT2D eigenvalue weighted by Crippen LogP contribution is -2.55. The molecule has 2 heterocycles. The van der Waals surface area contributed by atoms with Gasteiger partial charge in [-0.25, -0.2) is 0 Å². The zero-order chi connectivity index (χ0) is 18.7. The molecule has 2 aromatic carbocycles. The molecule has 0 spiro atoms. The Kier molecular flexibility index (Phi) is 5.63. The third-order valence-electron chi connectivity index (χ3n) is 7.03. The summed E-state index contributed by atoms with van der Waals surface area (Å²) in [6.45, 7) is 4.02. The van der Waals surface area contributed by atoms with Crippen LogP contribution >= 0.6 is 0 Å². The van der Waals surface area contributed by atoms with Gasteiger partial charge in [0.2, 0.25) is 0 Å². The van der Waals surface area contributed by atoms with E-state index in [1.165, 1.54) is 24.0 Å². The Morgan fingerprint density at radius 1 is 0.963 bits per heavy atom. The first-order valence-corrected chi connectivity index (χ1v) is 10.5. The highest BCUT2D eigenvalue weighted by Gasteiger charge is 2.50. The van der Waals surface area contributed by atoms with Gasteiger partial charge in [0.1, 0.15) is 0 Å². The Morgan fingerprint density at radius 3 is 2.04 bits per heavy atom. The summed E-state index contributed by atoms with van der Waals surface area (Å²) in [7, 11) is 2.31. The minimum absolute atomic E-state index is 0.198. The number of nitrogens with two attached hydrogens (primary N) is 1. The molecule has 1 saturated carbocycles. The Bertz CT molecular complexity index is 665. The SMILES string of the molecule is CN(CCCN)C12CNCC(C(c3ccccc3)C1)C(c1ccccc1)C2. The van der Waals surface area contributed by atoms with Crippen LogP contribution in [0.25, 0.3) is 0 Å². The first-order chi connectivity index (χ1) is 13.2. The van der Waals surface area contributed by atoms with E-state index < -0.39 is 0 Å². The molecule has 5 rings (SSSR count). The van der Waals surface area contributed by atoms with Crippen LogP contribution in [-0.2, 0) is 0 Å². The van der Waals surface area contributed by atoms with Crippen molar-refractivity contribution in [2.75, 3.05) is 33.2 Å². The van der Waals surface area contributed by atoms with Gasteiger partial charge in [-0.2, -0.15) is 0 Å². The molecular formula is C24H33N3. The van der Waals surface area contributed by atoms with E-state index in [9.17, 15) is 0 Å². The highest BCUT2D eigenvalue weighted by molar-refractivity contribution is 5.30. The van der Waals surface area contributed by atoms with E-state index in [1.807, 2.05) is 0 Å². The lowest BCUT2D eigenvalue weighted by atomic mass is 9.61. The zero-order valence-corrected chi connectivity index (χ0v) is 16.5. The fourth-order valence-corrected chi connectivity index (χ4v) is 5.53. The fourth-order valence-electron chi connectivity index (χ4n) is 5.53. The molecule has 3 aliphatic rings. The van der Waals surface area contributed by atoms with Crippen LogP contribution in [0, 0.1) is 5.92 Å². The van der Waals surface area contributed by atoms with Crippen LogP contribution in [0.3, 0.4) is 0 Å². The first kappa shape index (κ1) is 18.7. The maximum Gasteiger partial charge on any atom is 0.0342 e. The number of nitrogens with one attached hydrogen (secondary N) is 1. The van der Waals surface area contributed by atoms with Gasteiger partial charge >= 0.3 is 0 Å². The van der Waals surface area contributed by atoms with E-state index in [-0.39, 0.29) is 5.54 Å². The largest absolute Gasteiger partial charge is 0.330 e. The summed E-state index contributed by atoms with van der Waals surface area (Å²) < 4.78 is 0. The van der Waals surface area contributed by atoms with Crippen molar-refractivity contribution in [3.8, 4) is 0 Å². The van der Waals surface area contributed by atoms with Crippen LogP contribution in [-0.4, -0.2) is 43.7 Å². The van der Waals surface area contributed by atoms with Crippen LogP contribution in [0.4, 0.5) is 0 Å². The summed E-state index contributed by atoms with van der Waals surface area (Å²) in [6, 6.07) is 22.4. The second-order valence-electron chi connectivity index (χ2n) is 8.53. The predicted octanol–water partition coefficient (Wildman–Crippen LogP) is 3.59. The molecule has 3 heteroatoms. The zero-order valence-electron chi connectivity index (χ0n) is 16.5. The molecule has 3 fully saturated rings. The van der Waals surface area contributed by atoms with Crippen molar-refractivity contribution in [3.63, 3.8) is 0 Å². The molecule has 3 N–H and O–H groups in total. The summed E-state index contributed by atoms with van der Waals surface area (Å²) in [5, 5.41) is 3.83. The lowest BCUT2D eigenvalue weighted by Gasteiger charge is -2.50. The molecule has 3 nitrogen and oxygen atoms in total. The number of benzene rings is 2. The standard InChI is InChI=1S/C24H33N3/c1-27(14-8-13-25)24-15-21(19-9-4-2-5-10-19)23(17-26-18-24)22(16-24)20-11-6-3-7-12-20/h2-7,9-12,21-23,26H,8,13-18,25H2,1H3. The molecule has 0 radical (unpaired) electrons. The Morgan fingerprint density at radius 2 is 1.52 bits per heavy atom. The van der Waals surface area contributed by atoms with Crippen molar-refractivity contribution in [3.05, 3.63) is 71.8 Å². The first-order valence-electron chi connectivity index (χ1n) is 10.5. The molecule has 0 amide bonds. The number of nitrogens with zero attached hydrogens (tertiary/aromatic N) is 1. The highest BCUT2D eigenvalue weighted by atomic mass is 15.2. The highest BCUT2D eigenvalue weighted by Crippen LogP contribution is 2.52. The van der Waals surface area contributed by atoms with Crippen LogP contribution in [0.5, 0.6) is 0 Å². The molecule has 2 aromatic rings. The van der Waals surface area contributed by atoms with Gasteiger partial charge in [0.15, 0.2) is 0 Å². The van der Waals surface area contributed by atoms with Crippen molar-refractivity contribution in [1.82, 2.24) is 10.2 Å². The monoisotopic (exact) mass is 363 g/mol. The van der Waals surface area contributed by atoms with E-state index >= 15 is 0 Å². The predicted molar refractivity (Wildman–Crippen MR) is 113 cm³/mol. The molecule has 27 heavy (non-hydrogen) atoms. The van der Waals surface area contributed by atoms with Crippen LogP contribution in [0.1, 0.15) is 42.2 Å². The number of rotatable bonds is 6. The van der Waals surface area contributed by atoms with Gasteiger partial charge in [-0.1, -0.05) is 60.7 Å². The van der Waals surface area contributed by atoms with Crippen molar-refractivity contribution < 1.29 is 0 Å². The van der Waals surface area contributed by atoms with E-state index in [0.29, 0.717) is 17.8 Å². The van der Waals surface area contributed by atoms with Crippen LogP contribution in [0.15, 0.2) is 60.7 Å². The van der Waals surface area contributed by atoms with E-state index in [0.717, 1.165) is 32.6 Å². The van der Waals surface area contributed by atoms with Crippen LogP contribution in [0.2, 0.25) is 0 Å². The molecule has 144 valence electrons.